The smallest absolute Gasteiger partial charge is 0.249 e. The van der Waals surface area contributed by atoms with Gasteiger partial charge in [-0.15, -0.1) is 0 Å². The minimum absolute atomic E-state index is 0.149. The van der Waals surface area contributed by atoms with Gasteiger partial charge in [-0.3, -0.25) is 9.79 Å². The lowest BCUT2D eigenvalue weighted by Gasteiger charge is -2.12. The van der Waals surface area contributed by atoms with Crippen molar-refractivity contribution in [3.63, 3.8) is 0 Å². The van der Waals surface area contributed by atoms with E-state index in [1.807, 2.05) is 60.7 Å². The van der Waals surface area contributed by atoms with Gasteiger partial charge in [-0.2, -0.15) is 0 Å². The number of benzene rings is 3. The van der Waals surface area contributed by atoms with Gasteiger partial charge in [-0.1, -0.05) is 71.7 Å². The number of aliphatic imine (C=N–C) groups is 1. The van der Waals surface area contributed by atoms with Gasteiger partial charge in [0.1, 0.15) is 6.04 Å². The number of carbonyl (C=O) groups excluding carboxylic acids is 1. The van der Waals surface area contributed by atoms with Gasteiger partial charge in [0.25, 0.3) is 0 Å². The molecular weight excluding hydrogens is 379 g/mol. The third-order valence-electron chi connectivity index (χ3n) is 4.48. The summed E-state index contributed by atoms with van der Waals surface area (Å²) in [6.07, 6.45) is 0.502. The number of amides is 1. The summed E-state index contributed by atoms with van der Waals surface area (Å²) in [5.41, 5.74) is 3.93. The zero-order valence-corrected chi connectivity index (χ0v) is 15.8. The van der Waals surface area contributed by atoms with Gasteiger partial charge in [-0.05, 0) is 29.8 Å². The van der Waals surface area contributed by atoms with E-state index in [-0.39, 0.29) is 5.91 Å². The molecular formula is C22H16Cl2N2O. The van der Waals surface area contributed by atoms with Gasteiger partial charge in [0.15, 0.2) is 0 Å². The lowest BCUT2D eigenvalue weighted by atomic mass is 10.00. The van der Waals surface area contributed by atoms with Crippen LogP contribution in [-0.4, -0.2) is 17.7 Å². The van der Waals surface area contributed by atoms with E-state index in [4.69, 9.17) is 28.2 Å². The first-order valence-electron chi connectivity index (χ1n) is 8.59. The lowest BCUT2D eigenvalue weighted by Crippen LogP contribution is -2.27. The summed E-state index contributed by atoms with van der Waals surface area (Å²) in [5.74, 6) is -0.149. The highest BCUT2D eigenvalue weighted by Crippen LogP contribution is 2.30. The highest BCUT2D eigenvalue weighted by Gasteiger charge is 2.27. The standard InChI is InChI=1S/C22H16Cl2N2O/c23-15-10-11-19-17(13-15)21(16-8-4-5-9-18(16)24)25-20(22(27)26-19)12-14-6-2-1-3-7-14/h1-11,13,20H,12H2,(H,26,27). The molecule has 1 unspecified atom stereocenters. The molecule has 1 atom stereocenters. The summed E-state index contributed by atoms with van der Waals surface area (Å²) in [5, 5.41) is 4.14. The average Bonchev–Trinajstić information content (AvgIpc) is 2.80. The number of rotatable bonds is 3. The number of carbonyl (C=O) groups is 1. The van der Waals surface area contributed by atoms with Crippen molar-refractivity contribution < 1.29 is 4.79 Å². The predicted molar refractivity (Wildman–Crippen MR) is 111 cm³/mol. The first-order chi connectivity index (χ1) is 13.1. The molecule has 0 bridgehead atoms. The van der Waals surface area contributed by atoms with Gasteiger partial charge in [0.05, 0.1) is 11.4 Å². The van der Waals surface area contributed by atoms with Crippen LogP contribution in [0.5, 0.6) is 0 Å². The molecule has 0 spiro atoms. The summed E-state index contributed by atoms with van der Waals surface area (Å²) < 4.78 is 0. The Morgan fingerprint density at radius 3 is 2.41 bits per heavy atom. The van der Waals surface area contributed by atoms with E-state index in [2.05, 4.69) is 5.32 Å². The van der Waals surface area contributed by atoms with E-state index in [0.717, 1.165) is 16.7 Å². The number of benzodiazepines with no additional fused rings is 1. The van der Waals surface area contributed by atoms with Crippen molar-refractivity contribution in [3.05, 3.63) is 99.5 Å². The number of nitrogens with one attached hydrogen (secondary N) is 1. The number of anilines is 1. The Kier molecular flexibility index (Phi) is 4.97. The molecule has 3 aromatic carbocycles. The SMILES string of the molecule is O=C1Nc2ccc(Cl)cc2C(c2ccccc2Cl)=NC1Cc1ccccc1. The third kappa shape index (κ3) is 3.75. The Balaban J connectivity index is 1.86. The molecule has 0 aromatic heterocycles. The van der Waals surface area contributed by atoms with Crippen LogP contribution in [0.4, 0.5) is 5.69 Å². The summed E-state index contributed by atoms with van der Waals surface area (Å²) in [6.45, 7) is 0. The van der Waals surface area contributed by atoms with Gasteiger partial charge < -0.3 is 5.32 Å². The van der Waals surface area contributed by atoms with Crippen LogP contribution in [0.15, 0.2) is 77.8 Å². The van der Waals surface area contributed by atoms with Crippen LogP contribution in [0.3, 0.4) is 0 Å². The third-order valence-corrected chi connectivity index (χ3v) is 5.05. The van der Waals surface area contributed by atoms with Crippen LogP contribution in [0.2, 0.25) is 10.0 Å². The Bertz CT molecular complexity index is 1030. The quantitative estimate of drug-likeness (QED) is 0.635. The molecule has 0 fully saturated rings. The molecule has 1 amide bonds. The normalized spacial score (nSPS) is 16.1. The van der Waals surface area contributed by atoms with Crippen molar-refractivity contribution in [2.24, 2.45) is 4.99 Å². The molecule has 1 aliphatic rings. The van der Waals surface area contributed by atoms with Crippen molar-refractivity contribution in [1.82, 2.24) is 0 Å². The van der Waals surface area contributed by atoms with E-state index < -0.39 is 6.04 Å². The van der Waals surface area contributed by atoms with Gasteiger partial charge in [-0.25, -0.2) is 0 Å². The topological polar surface area (TPSA) is 41.5 Å². The van der Waals surface area contributed by atoms with Crippen molar-refractivity contribution in [2.45, 2.75) is 12.5 Å². The minimum Gasteiger partial charge on any atom is -0.324 e. The van der Waals surface area contributed by atoms with Crippen LogP contribution in [-0.2, 0) is 11.2 Å². The molecule has 3 aromatic rings. The lowest BCUT2D eigenvalue weighted by molar-refractivity contribution is -0.117. The first-order valence-corrected chi connectivity index (χ1v) is 9.35. The Hall–Kier alpha value is -2.62. The number of hydrogen-bond donors (Lipinski definition) is 1. The number of hydrogen-bond acceptors (Lipinski definition) is 2. The fraction of sp³-hybridized carbons (Fsp3) is 0.0909. The van der Waals surface area contributed by atoms with E-state index in [9.17, 15) is 4.79 Å². The molecule has 1 heterocycles. The van der Waals surface area contributed by atoms with E-state index >= 15 is 0 Å². The Labute approximate surface area is 167 Å². The van der Waals surface area contributed by atoms with Crippen molar-refractivity contribution in [2.75, 3.05) is 5.32 Å². The zero-order chi connectivity index (χ0) is 18.8. The number of halogens is 2. The Morgan fingerprint density at radius 2 is 1.63 bits per heavy atom. The molecule has 4 rings (SSSR count). The minimum atomic E-state index is -0.565. The predicted octanol–water partition coefficient (Wildman–Crippen LogP) is 5.39. The van der Waals surface area contributed by atoms with Crippen LogP contribution in [0.1, 0.15) is 16.7 Å². The molecule has 134 valence electrons. The molecule has 5 heteroatoms. The average molecular weight is 395 g/mol. The second-order valence-corrected chi connectivity index (χ2v) is 7.19. The molecule has 3 nitrogen and oxygen atoms in total. The fourth-order valence-electron chi connectivity index (χ4n) is 3.17. The van der Waals surface area contributed by atoms with Crippen molar-refractivity contribution in [1.29, 1.82) is 0 Å². The number of fused-ring (bicyclic) bond motifs is 1. The molecule has 0 radical (unpaired) electrons. The zero-order valence-electron chi connectivity index (χ0n) is 14.3. The second-order valence-electron chi connectivity index (χ2n) is 6.34. The Morgan fingerprint density at radius 1 is 0.889 bits per heavy atom. The summed E-state index contributed by atoms with van der Waals surface area (Å²) >= 11 is 12.7. The maximum atomic E-state index is 12.8. The maximum absolute atomic E-state index is 12.8. The van der Waals surface area contributed by atoms with Gasteiger partial charge in [0, 0.05) is 27.6 Å². The largest absolute Gasteiger partial charge is 0.324 e. The van der Waals surface area contributed by atoms with Crippen LogP contribution in [0, 0.1) is 0 Å². The van der Waals surface area contributed by atoms with Crippen molar-refractivity contribution in [3.8, 4) is 0 Å². The van der Waals surface area contributed by atoms with Gasteiger partial charge >= 0.3 is 0 Å². The highest BCUT2D eigenvalue weighted by atomic mass is 35.5. The molecule has 0 saturated carbocycles. The fourth-order valence-corrected chi connectivity index (χ4v) is 3.56. The second kappa shape index (κ2) is 7.55. The highest BCUT2D eigenvalue weighted by molar-refractivity contribution is 6.37. The monoisotopic (exact) mass is 394 g/mol. The number of nitrogens with zero attached hydrogens (tertiary/aromatic N) is 1. The van der Waals surface area contributed by atoms with Crippen molar-refractivity contribution >= 4 is 40.5 Å². The van der Waals surface area contributed by atoms with E-state index in [1.165, 1.54) is 0 Å². The summed E-state index contributed by atoms with van der Waals surface area (Å²) in [4.78, 5) is 17.7. The van der Waals surface area contributed by atoms with Gasteiger partial charge in [0.2, 0.25) is 5.91 Å². The summed E-state index contributed by atoms with van der Waals surface area (Å²) in [6, 6.07) is 22.1. The van der Waals surface area contributed by atoms with Crippen LogP contribution < -0.4 is 5.32 Å². The van der Waals surface area contributed by atoms with Crippen LogP contribution in [0.25, 0.3) is 0 Å². The first kappa shape index (κ1) is 17.8. The maximum Gasteiger partial charge on any atom is 0.249 e. The van der Waals surface area contributed by atoms with E-state index in [1.54, 1.807) is 12.1 Å². The van der Waals surface area contributed by atoms with E-state index in [0.29, 0.717) is 27.9 Å². The molecule has 0 saturated heterocycles. The summed E-state index contributed by atoms with van der Waals surface area (Å²) in [7, 11) is 0. The van der Waals surface area contributed by atoms with Crippen LogP contribution >= 0.6 is 23.2 Å². The molecule has 0 aliphatic carbocycles. The molecule has 27 heavy (non-hydrogen) atoms. The molecule has 1 N–H and O–H groups in total. The molecule has 1 aliphatic heterocycles.